The van der Waals surface area contributed by atoms with Crippen LogP contribution in [0.2, 0.25) is 0 Å². The number of rotatable bonds is 4. The van der Waals surface area contributed by atoms with Crippen molar-refractivity contribution in [1.82, 2.24) is 15.0 Å². The summed E-state index contributed by atoms with van der Waals surface area (Å²) in [6.45, 7) is 0. The monoisotopic (exact) mass is 641 g/mol. The molecule has 0 unspecified atom stereocenters. The second-order valence-electron chi connectivity index (χ2n) is 12.5. The SMILES string of the molecule is c1ccc(-c2ccc3ccc(-c4nc(-c5ccccc5)nc(-c5cccc6sc7cc8ccc9ccccc9c8cc7c56)n4)cc3c2)cc1. The van der Waals surface area contributed by atoms with E-state index < -0.39 is 0 Å². The average molecular weight is 642 g/mol. The Bertz CT molecular complexity index is 2880. The van der Waals surface area contributed by atoms with Crippen LogP contribution in [-0.4, -0.2) is 15.0 Å². The fraction of sp³-hybridized carbons (Fsp3) is 0. The van der Waals surface area contributed by atoms with Crippen LogP contribution in [0.1, 0.15) is 0 Å². The zero-order chi connectivity index (χ0) is 32.3. The Morgan fingerprint density at radius 3 is 1.82 bits per heavy atom. The van der Waals surface area contributed by atoms with Crippen molar-refractivity contribution >= 4 is 63.8 Å². The maximum Gasteiger partial charge on any atom is 0.164 e. The molecule has 4 heteroatoms. The predicted molar refractivity (Wildman–Crippen MR) is 207 cm³/mol. The third-order valence-electron chi connectivity index (χ3n) is 9.47. The van der Waals surface area contributed by atoms with Crippen LogP contribution in [0.25, 0.3) is 97.8 Å². The first-order valence-corrected chi connectivity index (χ1v) is 17.3. The van der Waals surface area contributed by atoms with Crippen LogP contribution in [0.15, 0.2) is 164 Å². The third kappa shape index (κ3) is 4.76. The van der Waals surface area contributed by atoms with Crippen LogP contribution in [-0.2, 0) is 0 Å². The molecule has 0 N–H and O–H groups in total. The van der Waals surface area contributed by atoms with Crippen LogP contribution in [0.3, 0.4) is 0 Å². The normalized spacial score (nSPS) is 11.7. The van der Waals surface area contributed by atoms with E-state index in [1.54, 1.807) is 0 Å². The molecule has 0 aliphatic rings. The van der Waals surface area contributed by atoms with Gasteiger partial charge >= 0.3 is 0 Å². The summed E-state index contributed by atoms with van der Waals surface area (Å²) >= 11 is 1.82. The lowest BCUT2D eigenvalue weighted by Gasteiger charge is -2.11. The minimum absolute atomic E-state index is 0.656. The van der Waals surface area contributed by atoms with Gasteiger partial charge in [-0.1, -0.05) is 133 Å². The van der Waals surface area contributed by atoms with E-state index in [9.17, 15) is 0 Å². The number of benzene rings is 8. The fourth-order valence-electron chi connectivity index (χ4n) is 7.05. The first-order valence-electron chi connectivity index (χ1n) is 16.4. The quantitative estimate of drug-likeness (QED) is 0.180. The number of nitrogens with zero attached hydrogens (tertiary/aromatic N) is 3. The van der Waals surface area contributed by atoms with Crippen molar-refractivity contribution in [3.63, 3.8) is 0 Å². The van der Waals surface area contributed by atoms with E-state index in [2.05, 4.69) is 146 Å². The molecule has 0 radical (unpaired) electrons. The van der Waals surface area contributed by atoms with E-state index in [-0.39, 0.29) is 0 Å². The zero-order valence-corrected chi connectivity index (χ0v) is 27.2. The molecule has 228 valence electrons. The molecule has 10 rings (SSSR count). The second kappa shape index (κ2) is 11.2. The summed E-state index contributed by atoms with van der Waals surface area (Å²) in [7, 11) is 0. The van der Waals surface area contributed by atoms with Crippen molar-refractivity contribution in [2.45, 2.75) is 0 Å². The van der Waals surface area contributed by atoms with Gasteiger partial charge in [-0.3, -0.25) is 0 Å². The molecule has 0 saturated heterocycles. The summed E-state index contributed by atoms with van der Waals surface area (Å²) in [5, 5.41) is 9.74. The van der Waals surface area contributed by atoms with Gasteiger partial charge in [0.05, 0.1) is 0 Å². The van der Waals surface area contributed by atoms with Gasteiger partial charge in [0.25, 0.3) is 0 Å². The highest BCUT2D eigenvalue weighted by Crippen LogP contribution is 2.42. The van der Waals surface area contributed by atoms with Gasteiger partial charge in [0.1, 0.15) is 0 Å². The molecule has 49 heavy (non-hydrogen) atoms. The van der Waals surface area contributed by atoms with Crippen molar-refractivity contribution < 1.29 is 0 Å². The van der Waals surface area contributed by atoms with Gasteiger partial charge in [0.2, 0.25) is 0 Å². The lowest BCUT2D eigenvalue weighted by Crippen LogP contribution is -2.00. The lowest BCUT2D eigenvalue weighted by molar-refractivity contribution is 1.08. The summed E-state index contributed by atoms with van der Waals surface area (Å²) in [4.78, 5) is 15.4. The van der Waals surface area contributed by atoms with Crippen molar-refractivity contribution in [1.29, 1.82) is 0 Å². The molecule has 0 saturated carbocycles. The molecular weight excluding hydrogens is 615 g/mol. The van der Waals surface area contributed by atoms with Crippen LogP contribution in [0.4, 0.5) is 0 Å². The first-order chi connectivity index (χ1) is 24.2. The number of hydrogen-bond donors (Lipinski definition) is 0. The molecule has 0 aliphatic carbocycles. The predicted octanol–water partition coefficient (Wildman–Crippen LogP) is 12.4. The molecule has 0 spiro atoms. The second-order valence-corrected chi connectivity index (χ2v) is 13.5. The smallest absolute Gasteiger partial charge is 0.164 e. The van der Waals surface area contributed by atoms with Gasteiger partial charge in [-0.2, -0.15) is 0 Å². The molecule has 0 bridgehead atoms. The molecule has 0 fully saturated rings. The molecular formula is C45H27N3S. The Kier molecular flexibility index (Phi) is 6.36. The van der Waals surface area contributed by atoms with E-state index in [1.807, 2.05) is 29.5 Å². The Morgan fingerprint density at radius 1 is 0.327 bits per heavy atom. The van der Waals surface area contributed by atoms with Gasteiger partial charge < -0.3 is 0 Å². The highest BCUT2D eigenvalue weighted by molar-refractivity contribution is 7.26. The minimum Gasteiger partial charge on any atom is -0.208 e. The third-order valence-corrected chi connectivity index (χ3v) is 10.6. The van der Waals surface area contributed by atoms with E-state index in [0.29, 0.717) is 17.5 Å². The van der Waals surface area contributed by atoms with Crippen molar-refractivity contribution in [3.8, 4) is 45.3 Å². The van der Waals surface area contributed by atoms with Crippen molar-refractivity contribution in [3.05, 3.63) is 164 Å². The Labute approximate surface area is 286 Å². The van der Waals surface area contributed by atoms with Crippen LogP contribution in [0.5, 0.6) is 0 Å². The molecule has 8 aromatic carbocycles. The Morgan fingerprint density at radius 2 is 0.980 bits per heavy atom. The largest absolute Gasteiger partial charge is 0.208 e. The van der Waals surface area contributed by atoms with Crippen LogP contribution < -0.4 is 0 Å². The Hall–Kier alpha value is -6.23. The summed E-state index contributed by atoms with van der Waals surface area (Å²) in [6, 6.07) is 58.1. The molecule has 2 aromatic heterocycles. The molecule has 0 aliphatic heterocycles. The number of aromatic nitrogens is 3. The molecule has 10 aromatic rings. The first kappa shape index (κ1) is 27.8. The highest BCUT2D eigenvalue weighted by atomic mass is 32.1. The average Bonchev–Trinajstić information content (AvgIpc) is 3.55. The van der Waals surface area contributed by atoms with Crippen molar-refractivity contribution in [2.75, 3.05) is 0 Å². The van der Waals surface area contributed by atoms with E-state index >= 15 is 0 Å². The molecule has 0 amide bonds. The Balaban J connectivity index is 1.20. The molecule has 0 atom stereocenters. The molecule has 3 nitrogen and oxygen atoms in total. The zero-order valence-electron chi connectivity index (χ0n) is 26.3. The topological polar surface area (TPSA) is 38.7 Å². The maximum absolute atomic E-state index is 5.22. The highest BCUT2D eigenvalue weighted by Gasteiger charge is 2.18. The fourth-order valence-corrected chi connectivity index (χ4v) is 8.21. The summed E-state index contributed by atoms with van der Waals surface area (Å²) in [6.07, 6.45) is 0. The van der Waals surface area contributed by atoms with Gasteiger partial charge in [0.15, 0.2) is 17.5 Å². The van der Waals surface area contributed by atoms with Gasteiger partial charge in [0, 0.05) is 36.9 Å². The van der Waals surface area contributed by atoms with Crippen molar-refractivity contribution in [2.24, 2.45) is 0 Å². The van der Waals surface area contributed by atoms with Crippen LogP contribution in [0, 0.1) is 0 Å². The van der Waals surface area contributed by atoms with E-state index in [1.165, 1.54) is 58.2 Å². The number of fused-ring (bicyclic) bond motifs is 7. The van der Waals surface area contributed by atoms with Gasteiger partial charge in [-0.05, 0) is 73.8 Å². The van der Waals surface area contributed by atoms with E-state index in [0.717, 1.165) is 22.1 Å². The van der Waals surface area contributed by atoms with Crippen LogP contribution >= 0.6 is 11.3 Å². The number of thiophene rings is 1. The van der Waals surface area contributed by atoms with Gasteiger partial charge in [-0.15, -0.1) is 11.3 Å². The minimum atomic E-state index is 0.656. The summed E-state index contributed by atoms with van der Waals surface area (Å²) in [5.41, 5.74) is 5.30. The standard InChI is InChI=1S/C45H27N3S/c1-3-10-28(11-4-1)32-21-18-29-19-23-34(25-35(29)24-32)44-46-43(31-13-5-2-6-14-31)47-45(48-44)37-16-9-17-40-42(37)39-27-38-33(26-41(39)49-40)22-20-30-12-7-8-15-36(30)38/h1-27H. The summed E-state index contributed by atoms with van der Waals surface area (Å²) in [5.74, 6) is 1.99. The maximum atomic E-state index is 5.22. The number of hydrogen-bond acceptors (Lipinski definition) is 4. The lowest BCUT2D eigenvalue weighted by atomic mass is 9.98. The molecule has 2 heterocycles. The summed E-state index contributed by atoms with van der Waals surface area (Å²) < 4.78 is 2.47. The van der Waals surface area contributed by atoms with E-state index in [4.69, 9.17) is 15.0 Å². The van der Waals surface area contributed by atoms with Gasteiger partial charge in [-0.25, -0.2) is 15.0 Å².